The number of nitrogens with zero attached hydrogens (tertiary/aromatic N) is 1. The second kappa shape index (κ2) is 7.20. The number of hydrogen-bond donors (Lipinski definition) is 1. The van der Waals surface area contributed by atoms with Gasteiger partial charge in [0.25, 0.3) is 0 Å². The number of aryl methyl sites for hydroxylation is 1. The zero-order chi connectivity index (χ0) is 16.1. The van der Waals surface area contributed by atoms with Crippen molar-refractivity contribution < 1.29 is 13.6 Å². The van der Waals surface area contributed by atoms with Crippen molar-refractivity contribution in [2.75, 3.05) is 13.2 Å². The summed E-state index contributed by atoms with van der Waals surface area (Å²) in [4.78, 5) is 0. The molecule has 0 radical (unpaired) electrons. The van der Waals surface area contributed by atoms with Gasteiger partial charge in [-0.15, -0.1) is 0 Å². The first-order valence-electron chi connectivity index (χ1n) is 6.96. The summed E-state index contributed by atoms with van der Waals surface area (Å²) in [6.45, 7) is 7.80. The summed E-state index contributed by atoms with van der Waals surface area (Å²) in [5, 5.41) is 9.07. The van der Waals surface area contributed by atoms with Crippen LogP contribution in [0.1, 0.15) is 37.5 Å². The van der Waals surface area contributed by atoms with E-state index >= 15 is 0 Å². The fraction of sp³-hybridized carbons (Fsp3) is 0.533. The molecule has 0 aromatic heterocycles. The van der Waals surface area contributed by atoms with Gasteiger partial charge in [-0.2, -0.15) is 5.26 Å². The van der Waals surface area contributed by atoms with Crippen molar-refractivity contribution in [1.29, 1.82) is 5.26 Å². The minimum absolute atomic E-state index is 0.217. The predicted molar refractivity (Wildman–Crippen MR) is 82.9 cm³/mol. The zero-order valence-electron chi connectivity index (χ0n) is 13.0. The highest BCUT2D eigenvalue weighted by Gasteiger charge is 2.26. The summed E-state index contributed by atoms with van der Waals surface area (Å²) in [7, 11) is -3.13. The first-order valence-corrected chi connectivity index (χ1v) is 8.69. The molecule has 1 aromatic carbocycles. The molecule has 116 valence electrons. The van der Waals surface area contributed by atoms with Crippen LogP contribution in [0.4, 0.5) is 0 Å². The van der Waals surface area contributed by atoms with Crippen LogP contribution in [0.25, 0.3) is 0 Å². The average Bonchev–Trinajstić information content (AvgIpc) is 2.41. The Morgan fingerprint density at radius 2 is 1.90 bits per heavy atom. The van der Waals surface area contributed by atoms with Crippen LogP contribution in [0, 0.1) is 18.3 Å². The Balaban J connectivity index is 3.06. The smallest absolute Gasteiger partial charge is 0.310 e. The minimum Gasteiger partial charge on any atom is -0.310 e. The van der Waals surface area contributed by atoms with E-state index in [-0.39, 0.29) is 6.16 Å². The molecule has 1 atom stereocenters. The van der Waals surface area contributed by atoms with Crippen molar-refractivity contribution in [3.05, 3.63) is 34.9 Å². The van der Waals surface area contributed by atoms with Crippen LogP contribution in [0.3, 0.4) is 0 Å². The minimum atomic E-state index is -3.13. The molecule has 0 amide bonds. The lowest BCUT2D eigenvalue weighted by atomic mass is 9.92. The van der Waals surface area contributed by atoms with E-state index in [2.05, 4.69) is 6.07 Å². The summed E-state index contributed by atoms with van der Waals surface area (Å²) in [5.74, 6) is 0. The fourth-order valence-electron chi connectivity index (χ4n) is 1.99. The van der Waals surface area contributed by atoms with Gasteiger partial charge in [0, 0.05) is 0 Å². The van der Waals surface area contributed by atoms with Gasteiger partial charge in [0.15, 0.2) is 0 Å². The number of rotatable bonds is 7. The van der Waals surface area contributed by atoms with Gasteiger partial charge >= 0.3 is 7.60 Å². The number of benzene rings is 1. The molecule has 1 unspecified atom stereocenters. The van der Waals surface area contributed by atoms with Gasteiger partial charge in [-0.1, -0.05) is 18.2 Å². The van der Waals surface area contributed by atoms with Crippen LogP contribution in [0.15, 0.2) is 18.2 Å². The van der Waals surface area contributed by atoms with E-state index in [1.807, 2.05) is 19.1 Å². The van der Waals surface area contributed by atoms with Crippen molar-refractivity contribution >= 4 is 7.60 Å². The molecule has 0 spiro atoms. The molecular formula is C15H23N2O3P. The second-order valence-electron chi connectivity index (χ2n) is 5.06. The summed E-state index contributed by atoms with van der Waals surface area (Å²) in [5.41, 5.74) is 7.40. The molecule has 0 heterocycles. The van der Waals surface area contributed by atoms with Crippen molar-refractivity contribution in [1.82, 2.24) is 0 Å². The maximum absolute atomic E-state index is 12.6. The summed E-state index contributed by atoms with van der Waals surface area (Å²) in [6, 6.07) is 7.53. The molecule has 1 rings (SSSR count). The maximum atomic E-state index is 12.6. The molecule has 0 aliphatic carbocycles. The molecule has 5 nitrogen and oxygen atoms in total. The molecule has 1 aromatic rings. The van der Waals surface area contributed by atoms with Crippen LogP contribution >= 0.6 is 7.60 Å². The topological polar surface area (TPSA) is 85.3 Å². The molecule has 0 saturated heterocycles. The van der Waals surface area contributed by atoms with E-state index in [0.717, 1.165) is 16.7 Å². The normalized spacial score (nSPS) is 14.5. The summed E-state index contributed by atoms with van der Waals surface area (Å²) < 4.78 is 23.2. The maximum Gasteiger partial charge on any atom is 0.335 e. The Hall–Kier alpha value is -1.18. The van der Waals surface area contributed by atoms with E-state index in [1.165, 1.54) is 0 Å². The van der Waals surface area contributed by atoms with E-state index in [0.29, 0.717) is 13.2 Å². The molecule has 21 heavy (non-hydrogen) atoms. The van der Waals surface area contributed by atoms with Crippen molar-refractivity contribution in [2.24, 2.45) is 5.73 Å². The summed E-state index contributed by atoms with van der Waals surface area (Å²) in [6.07, 6.45) is 0.217. The van der Waals surface area contributed by atoms with Crippen LogP contribution in [0.5, 0.6) is 0 Å². The van der Waals surface area contributed by atoms with Gasteiger partial charge in [0.05, 0.1) is 25.4 Å². The van der Waals surface area contributed by atoms with E-state index in [9.17, 15) is 4.57 Å². The highest BCUT2D eigenvalue weighted by Crippen LogP contribution is 2.51. The number of nitrogens with two attached hydrogens (primary N) is 1. The molecular weight excluding hydrogens is 287 g/mol. The van der Waals surface area contributed by atoms with Crippen LogP contribution in [0.2, 0.25) is 0 Å². The van der Waals surface area contributed by atoms with Gasteiger partial charge < -0.3 is 14.8 Å². The predicted octanol–water partition coefficient (Wildman–Crippen LogP) is 3.46. The van der Waals surface area contributed by atoms with E-state index < -0.39 is 13.1 Å². The molecule has 0 saturated carbocycles. The number of hydrogen-bond acceptors (Lipinski definition) is 5. The quantitative estimate of drug-likeness (QED) is 0.779. The Morgan fingerprint density at radius 3 is 2.33 bits per heavy atom. The zero-order valence-corrected chi connectivity index (χ0v) is 13.9. The first kappa shape index (κ1) is 17.9. The Morgan fingerprint density at radius 1 is 1.33 bits per heavy atom. The highest BCUT2D eigenvalue weighted by molar-refractivity contribution is 7.53. The monoisotopic (exact) mass is 310 g/mol. The second-order valence-corrected chi connectivity index (χ2v) is 7.11. The fourth-order valence-corrected chi connectivity index (χ4v) is 3.81. The summed E-state index contributed by atoms with van der Waals surface area (Å²) >= 11 is 0. The average molecular weight is 310 g/mol. The lowest BCUT2D eigenvalue weighted by Gasteiger charge is -2.20. The van der Waals surface area contributed by atoms with E-state index in [1.54, 1.807) is 26.8 Å². The van der Waals surface area contributed by atoms with Crippen molar-refractivity contribution in [3.8, 4) is 6.07 Å². The largest absolute Gasteiger partial charge is 0.335 e. The van der Waals surface area contributed by atoms with Crippen LogP contribution in [-0.2, 0) is 25.3 Å². The van der Waals surface area contributed by atoms with Crippen LogP contribution in [-0.4, -0.2) is 13.2 Å². The van der Waals surface area contributed by atoms with Gasteiger partial charge in [-0.3, -0.25) is 4.57 Å². The molecule has 0 aliphatic heterocycles. The molecule has 0 fully saturated rings. The standard InChI is InChI=1S/C15H23N2O3P/c1-5-19-21(18,20-6-2)10-13-7-8-14(9-12(13)3)15(4,17)11-16/h7-9H,5-6,10,17H2,1-4H3. The van der Waals surface area contributed by atoms with Gasteiger partial charge in [0.1, 0.15) is 5.54 Å². The van der Waals surface area contributed by atoms with E-state index in [4.69, 9.17) is 20.0 Å². The number of nitriles is 1. The highest BCUT2D eigenvalue weighted by atomic mass is 31.2. The molecule has 2 N–H and O–H groups in total. The van der Waals surface area contributed by atoms with Crippen molar-refractivity contribution in [3.63, 3.8) is 0 Å². The van der Waals surface area contributed by atoms with Gasteiger partial charge in [0.2, 0.25) is 0 Å². The van der Waals surface area contributed by atoms with Gasteiger partial charge in [-0.25, -0.2) is 0 Å². The Bertz CT molecular complexity index is 569. The lowest BCUT2D eigenvalue weighted by Crippen LogP contribution is -2.30. The third-order valence-electron chi connectivity index (χ3n) is 3.19. The Kier molecular flexibility index (Phi) is 6.12. The molecule has 0 aliphatic rings. The molecule has 6 heteroatoms. The third kappa shape index (κ3) is 4.66. The van der Waals surface area contributed by atoms with Gasteiger partial charge in [-0.05, 0) is 44.4 Å². The molecule has 0 bridgehead atoms. The Labute approximate surface area is 126 Å². The SMILES string of the molecule is CCOP(=O)(Cc1ccc(C(C)(N)C#N)cc1C)OCC. The van der Waals surface area contributed by atoms with Crippen molar-refractivity contribution in [2.45, 2.75) is 39.4 Å². The van der Waals surface area contributed by atoms with Crippen LogP contribution < -0.4 is 5.73 Å². The third-order valence-corrected chi connectivity index (χ3v) is 5.22. The lowest BCUT2D eigenvalue weighted by molar-refractivity contribution is 0.219. The first-order chi connectivity index (χ1) is 9.78.